The van der Waals surface area contributed by atoms with Crippen LogP contribution in [0.15, 0.2) is 0 Å². The predicted molar refractivity (Wildman–Crippen MR) is 29.8 cm³/mol. The maximum atomic E-state index is 6.25. The van der Waals surface area contributed by atoms with Crippen LogP contribution in [0.3, 0.4) is 0 Å². The van der Waals surface area contributed by atoms with E-state index in [-0.39, 0.29) is 71.2 Å². The summed E-state index contributed by atoms with van der Waals surface area (Å²) in [5, 5.41) is 37.5. The van der Waals surface area contributed by atoms with E-state index in [9.17, 15) is 0 Å². The molecule has 0 fully saturated rings. The fourth-order valence-corrected chi connectivity index (χ4v) is 0. The van der Waals surface area contributed by atoms with Crippen molar-refractivity contribution in [3.63, 3.8) is 0 Å². The van der Waals surface area contributed by atoms with E-state index in [4.69, 9.17) is 71.0 Å². The van der Waals surface area contributed by atoms with Gasteiger partial charge in [0.2, 0.25) is 0 Å². The van der Waals surface area contributed by atoms with Crippen LogP contribution in [0.5, 0.6) is 0 Å². The van der Waals surface area contributed by atoms with Crippen LogP contribution in [0.1, 0.15) is 0 Å². The van der Waals surface area contributed by atoms with Crippen LogP contribution in [0.25, 0.3) is 0 Å². The second-order valence-corrected chi connectivity index (χ2v) is 0. The molecule has 0 amide bonds. The summed E-state index contributed by atoms with van der Waals surface area (Å²) in [5.41, 5.74) is 0. The van der Waals surface area contributed by atoms with Crippen molar-refractivity contribution in [1.82, 2.24) is 0 Å². The molecule has 0 N–H and O–H groups in total. The van der Waals surface area contributed by atoms with E-state index in [1.54, 1.807) is 0 Å². The third-order valence-electron chi connectivity index (χ3n) is 0. The van der Waals surface area contributed by atoms with Gasteiger partial charge in [-0.2, -0.15) is 0 Å². The first-order valence-corrected chi connectivity index (χ1v) is 1.34. The zero-order valence-electron chi connectivity index (χ0n) is 7.04. The molecule has 0 saturated heterocycles. The SMILES string of the molecule is [C-]#N.[C-]#N.[C-]#N.[C-]#N.[C-]#N.[C-]#N.[K+].[Os+6]. The minimum atomic E-state index is 0. The van der Waals surface area contributed by atoms with Gasteiger partial charge in [-0.05, 0) is 0 Å². The average molecular weight is 385 g/mol. The molecule has 0 spiro atoms. The maximum absolute atomic E-state index is 6.25. The molecular weight excluding hydrogens is 385 g/mol. The quantitative estimate of drug-likeness (QED) is 0.335. The summed E-state index contributed by atoms with van der Waals surface area (Å²) < 4.78 is 0. The van der Waals surface area contributed by atoms with Crippen LogP contribution >= 0.6 is 0 Å². The number of nitrogens with zero attached hydrogens (tertiary/aromatic N) is 6. The standard InChI is InChI=1S/6CN.K.Os/c6*1-2;;/q6*-1;+1;+6. The third kappa shape index (κ3) is 1890. The van der Waals surface area contributed by atoms with Crippen LogP contribution in [0.2, 0.25) is 0 Å². The van der Waals surface area contributed by atoms with Crippen molar-refractivity contribution in [2.45, 2.75) is 0 Å². The Balaban J connectivity index is -0.00000000500. The summed E-state index contributed by atoms with van der Waals surface area (Å²) in [6.45, 7) is 28.5. The largest absolute Gasteiger partial charge is 6.00 e. The Labute approximate surface area is 140 Å². The minimum Gasteiger partial charge on any atom is -0.512 e. The predicted octanol–water partition coefficient (Wildman–Crippen LogP) is -2.42. The van der Waals surface area contributed by atoms with Crippen molar-refractivity contribution < 1.29 is 71.2 Å². The Hall–Kier alpha value is -0.787. The van der Waals surface area contributed by atoms with E-state index in [0.717, 1.165) is 0 Å². The van der Waals surface area contributed by atoms with E-state index in [1.165, 1.54) is 0 Å². The topological polar surface area (TPSA) is 143 Å². The Kier molecular flexibility index (Phi) is 12800. The van der Waals surface area contributed by atoms with Crippen LogP contribution < -0.4 is 51.4 Å². The van der Waals surface area contributed by atoms with Crippen molar-refractivity contribution in [3.05, 3.63) is 39.4 Å². The second kappa shape index (κ2) is 2480. The number of hydrogen-bond acceptors (Lipinski definition) is 6. The first-order valence-electron chi connectivity index (χ1n) is 1.34. The molecule has 0 aromatic rings. The van der Waals surface area contributed by atoms with Gasteiger partial charge in [-0.3, -0.25) is 0 Å². The molecule has 14 heavy (non-hydrogen) atoms. The number of rotatable bonds is 0. The van der Waals surface area contributed by atoms with Crippen LogP contribution in [-0.4, -0.2) is 0 Å². The van der Waals surface area contributed by atoms with Crippen molar-refractivity contribution >= 4 is 0 Å². The molecule has 0 saturated carbocycles. The Morgan fingerprint density at radius 2 is 0.357 bits per heavy atom. The fourth-order valence-electron chi connectivity index (χ4n) is 0. The molecule has 62 valence electrons. The molecule has 0 radical (unpaired) electrons. The van der Waals surface area contributed by atoms with Gasteiger partial charge >= 0.3 is 71.2 Å². The van der Waals surface area contributed by atoms with E-state index in [2.05, 4.69) is 0 Å². The van der Waals surface area contributed by atoms with E-state index >= 15 is 0 Å². The van der Waals surface area contributed by atoms with Crippen molar-refractivity contribution in [2.75, 3.05) is 0 Å². The van der Waals surface area contributed by atoms with Crippen LogP contribution in [0, 0.1) is 71.0 Å². The average Bonchev–Trinajstić information content (AvgIpc) is 2.33. The molecule has 0 rings (SSSR count). The number of hydrogen-bond donors (Lipinski definition) is 0. The van der Waals surface area contributed by atoms with Crippen molar-refractivity contribution in [3.8, 4) is 0 Å². The van der Waals surface area contributed by atoms with E-state index in [0.29, 0.717) is 0 Å². The van der Waals surface area contributed by atoms with Crippen molar-refractivity contribution in [2.24, 2.45) is 0 Å². The van der Waals surface area contributed by atoms with Crippen LogP contribution in [-0.2, 0) is 19.8 Å². The Morgan fingerprint density at radius 1 is 0.357 bits per heavy atom. The fraction of sp³-hybridized carbons (Fsp3) is 0. The molecule has 0 aromatic heterocycles. The molecule has 8 heteroatoms. The summed E-state index contributed by atoms with van der Waals surface area (Å²) in [6.07, 6.45) is 0. The minimum absolute atomic E-state index is 0. The van der Waals surface area contributed by atoms with Gasteiger partial charge in [0.15, 0.2) is 0 Å². The Morgan fingerprint density at radius 3 is 0.357 bits per heavy atom. The molecule has 0 aliphatic rings. The van der Waals surface area contributed by atoms with Crippen molar-refractivity contribution in [1.29, 1.82) is 31.6 Å². The van der Waals surface area contributed by atoms with Gasteiger partial charge in [-0.1, -0.05) is 0 Å². The van der Waals surface area contributed by atoms with E-state index < -0.39 is 0 Å². The molecule has 0 heterocycles. The summed E-state index contributed by atoms with van der Waals surface area (Å²) in [6, 6.07) is 0. The van der Waals surface area contributed by atoms with Gasteiger partial charge < -0.3 is 71.0 Å². The van der Waals surface area contributed by atoms with Gasteiger partial charge in [0.05, 0.1) is 0 Å². The third-order valence-corrected chi connectivity index (χ3v) is 0. The van der Waals surface area contributed by atoms with Gasteiger partial charge in [0, 0.05) is 0 Å². The second-order valence-electron chi connectivity index (χ2n) is 0. The molecule has 0 atom stereocenters. The van der Waals surface area contributed by atoms with Gasteiger partial charge in [0.1, 0.15) is 0 Å². The monoisotopic (exact) mass is 387 g/mol. The summed E-state index contributed by atoms with van der Waals surface area (Å²) in [7, 11) is 0. The first-order chi connectivity index (χ1) is 6.00. The summed E-state index contributed by atoms with van der Waals surface area (Å²) >= 11 is 0. The molecule has 0 aliphatic heterocycles. The molecule has 6 nitrogen and oxygen atoms in total. The summed E-state index contributed by atoms with van der Waals surface area (Å²) in [4.78, 5) is 0. The smallest absolute Gasteiger partial charge is 0.512 e. The van der Waals surface area contributed by atoms with Gasteiger partial charge in [-0.15, -0.1) is 0 Å². The molecule has 0 aromatic carbocycles. The molecular formula is C6KN6Os+. The van der Waals surface area contributed by atoms with Gasteiger partial charge in [-0.25, -0.2) is 0 Å². The van der Waals surface area contributed by atoms with Gasteiger partial charge in [0.25, 0.3) is 0 Å². The molecule has 0 bridgehead atoms. The normalized spacial score (nSPS) is 0.857. The summed E-state index contributed by atoms with van der Waals surface area (Å²) in [5.74, 6) is 0. The van der Waals surface area contributed by atoms with E-state index in [1.807, 2.05) is 0 Å². The molecule has 0 unspecified atom stereocenters. The van der Waals surface area contributed by atoms with Crippen LogP contribution in [0.4, 0.5) is 0 Å². The maximum Gasteiger partial charge on any atom is 6.00 e. The Bertz CT molecular complexity index is 97.3. The molecule has 0 aliphatic carbocycles. The zero-order chi connectivity index (χ0) is 12.0. The first kappa shape index (κ1) is 72.5. The zero-order valence-corrected chi connectivity index (χ0v) is 12.7.